The molecule has 1 fully saturated rings. The number of ether oxygens (including phenoxy) is 2. The molecule has 0 aromatic carbocycles. The molecular weight excluding hydrogens is 164 g/mol. The summed E-state index contributed by atoms with van der Waals surface area (Å²) in [7, 11) is 1.20. The minimum absolute atomic E-state index is 0.611. The van der Waals surface area contributed by atoms with Crippen molar-refractivity contribution in [2.24, 2.45) is 5.92 Å². The van der Waals surface area contributed by atoms with E-state index in [0.717, 1.165) is 0 Å². The molecule has 1 N–H and O–H groups in total. The molecule has 1 aliphatic rings. The van der Waals surface area contributed by atoms with E-state index in [1.807, 2.05) is 0 Å². The van der Waals surface area contributed by atoms with Gasteiger partial charge in [0.25, 0.3) is 0 Å². The van der Waals surface area contributed by atoms with Gasteiger partial charge in [0.15, 0.2) is 6.10 Å². The van der Waals surface area contributed by atoms with Gasteiger partial charge in [-0.25, -0.2) is 4.79 Å². The minimum Gasteiger partial charge on any atom is -0.469 e. The first-order chi connectivity index (χ1) is 5.57. The molecule has 0 aromatic rings. The lowest BCUT2D eigenvalue weighted by Gasteiger charge is -2.11. The molecule has 0 bridgehead atoms. The van der Waals surface area contributed by atoms with Gasteiger partial charge in [0.05, 0.1) is 7.11 Å². The van der Waals surface area contributed by atoms with Crippen molar-refractivity contribution in [1.29, 1.82) is 0 Å². The van der Waals surface area contributed by atoms with Gasteiger partial charge in [-0.15, -0.1) is 0 Å². The van der Waals surface area contributed by atoms with Crippen molar-refractivity contribution in [1.82, 2.24) is 0 Å². The van der Waals surface area contributed by atoms with Gasteiger partial charge in [0.1, 0.15) is 12.0 Å². The molecule has 3 unspecified atom stereocenters. The van der Waals surface area contributed by atoms with Crippen LogP contribution in [0.1, 0.15) is 6.92 Å². The summed E-state index contributed by atoms with van der Waals surface area (Å²) in [5, 5.41) is 9.15. The molecule has 5 nitrogen and oxygen atoms in total. The molecule has 0 aromatic heterocycles. The fourth-order valence-electron chi connectivity index (χ4n) is 1.19. The van der Waals surface area contributed by atoms with Crippen LogP contribution in [0.4, 0.5) is 0 Å². The second-order valence-corrected chi connectivity index (χ2v) is 2.64. The van der Waals surface area contributed by atoms with E-state index >= 15 is 0 Å². The largest absolute Gasteiger partial charge is 0.469 e. The number of cyclic esters (lactones) is 1. The molecule has 1 heterocycles. The Kier molecular flexibility index (Phi) is 2.32. The number of aliphatic hydroxyl groups excluding tert-OH is 1. The zero-order valence-electron chi connectivity index (χ0n) is 6.81. The Hall–Kier alpha value is -1.10. The summed E-state index contributed by atoms with van der Waals surface area (Å²) in [6, 6.07) is 0. The third-order valence-electron chi connectivity index (χ3n) is 1.86. The maximum Gasteiger partial charge on any atom is 0.336 e. The number of aliphatic hydroxyl groups is 1. The highest BCUT2D eigenvalue weighted by atomic mass is 16.6. The molecule has 1 saturated heterocycles. The first-order valence-corrected chi connectivity index (χ1v) is 3.54. The van der Waals surface area contributed by atoms with Gasteiger partial charge in [0.2, 0.25) is 0 Å². The number of hydrogen-bond donors (Lipinski definition) is 1. The molecule has 3 atom stereocenters. The van der Waals surface area contributed by atoms with Gasteiger partial charge >= 0.3 is 11.9 Å². The first kappa shape index (κ1) is 8.99. The zero-order valence-corrected chi connectivity index (χ0v) is 6.81. The lowest BCUT2D eigenvalue weighted by molar-refractivity contribution is -0.150. The van der Waals surface area contributed by atoms with Crippen LogP contribution in [0.3, 0.4) is 0 Å². The van der Waals surface area contributed by atoms with Crippen molar-refractivity contribution in [2.45, 2.75) is 19.1 Å². The maximum absolute atomic E-state index is 11.0. The van der Waals surface area contributed by atoms with E-state index in [2.05, 4.69) is 9.47 Å². The van der Waals surface area contributed by atoms with E-state index in [-0.39, 0.29) is 0 Å². The lowest BCUT2D eigenvalue weighted by Crippen LogP contribution is -2.32. The molecule has 1 aliphatic heterocycles. The van der Waals surface area contributed by atoms with Crippen molar-refractivity contribution in [3.8, 4) is 0 Å². The monoisotopic (exact) mass is 174 g/mol. The quantitative estimate of drug-likeness (QED) is 0.520. The summed E-state index contributed by atoms with van der Waals surface area (Å²) < 4.78 is 9.01. The standard InChI is InChI=1S/C7H10O5/c1-3-4(6(9)11-2)5(8)7(10)12-3/h3-5,8H,1-2H3. The highest BCUT2D eigenvalue weighted by molar-refractivity contribution is 5.87. The Morgan fingerprint density at radius 2 is 2.25 bits per heavy atom. The van der Waals surface area contributed by atoms with E-state index in [9.17, 15) is 9.59 Å². The van der Waals surface area contributed by atoms with Crippen molar-refractivity contribution >= 4 is 11.9 Å². The topological polar surface area (TPSA) is 72.8 Å². The molecule has 0 spiro atoms. The third-order valence-corrected chi connectivity index (χ3v) is 1.86. The van der Waals surface area contributed by atoms with Crippen molar-refractivity contribution in [3.05, 3.63) is 0 Å². The molecular formula is C7H10O5. The summed E-state index contributed by atoms with van der Waals surface area (Å²) in [4.78, 5) is 21.7. The van der Waals surface area contributed by atoms with E-state index < -0.39 is 30.1 Å². The number of carbonyl (C=O) groups is 2. The Balaban J connectivity index is 2.76. The fraction of sp³-hybridized carbons (Fsp3) is 0.714. The lowest BCUT2D eigenvalue weighted by atomic mass is 10.0. The fourth-order valence-corrected chi connectivity index (χ4v) is 1.19. The predicted molar refractivity (Wildman–Crippen MR) is 37.1 cm³/mol. The van der Waals surface area contributed by atoms with Gasteiger partial charge in [0, 0.05) is 0 Å². The number of esters is 2. The van der Waals surface area contributed by atoms with Crippen LogP contribution in [0.25, 0.3) is 0 Å². The summed E-state index contributed by atoms with van der Waals surface area (Å²) in [6.45, 7) is 1.54. The van der Waals surface area contributed by atoms with Crippen LogP contribution in [0.2, 0.25) is 0 Å². The van der Waals surface area contributed by atoms with Gasteiger partial charge in [-0.05, 0) is 6.92 Å². The molecule has 0 aliphatic carbocycles. The van der Waals surface area contributed by atoms with Gasteiger partial charge in [-0.3, -0.25) is 4.79 Å². The second-order valence-electron chi connectivity index (χ2n) is 2.64. The number of hydrogen-bond acceptors (Lipinski definition) is 5. The van der Waals surface area contributed by atoms with E-state index in [1.54, 1.807) is 0 Å². The van der Waals surface area contributed by atoms with Gasteiger partial charge < -0.3 is 14.6 Å². The van der Waals surface area contributed by atoms with E-state index in [0.29, 0.717) is 0 Å². The summed E-state index contributed by atoms with van der Waals surface area (Å²) >= 11 is 0. The number of methoxy groups -OCH3 is 1. The molecule has 0 saturated carbocycles. The van der Waals surface area contributed by atoms with Gasteiger partial charge in [-0.2, -0.15) is 0 Å². The SMILES string of the molecule is COC(=O)C1C(C)OC(=O)C1O. The molecule has 0 amide bonds. The van der Waals surface area contributed by atoms with Crippen LogP contribution in [-0.2, 0) is 19.1 Å². The molecule has 5 heteroatoms. The van der Waals surface area contributed by atoms with Crippen LogP contribution >= 0.6 is 0 Å². The van der Waals surface area contributed by atoms with Crippen molar-refractivity contribution in [2.75, 3.05) is 7.11 Å². The average Bonchev–Trinajstić information content (AvgIpc) is 2.26. The van der Waals surface area contributed by atoms with E-state index in [4.69, 9.17) is 5.11 Å². The number of rotatable bonds is 1. The maximum atomic E-state index is 11.0. The molecule has 12 heavy (non-hydrogen) atoms. The van der Waals surface area contributed by atoms with Crippen molar-refractivity contribution < 1.29 is 24.2 Å². The predicted octanol–water partition coefficient (Wildman–Crippen LogP) is -0.918. The van der Waals surface area contributed by atoms with E-state index in [1.165, 1.54) is 14.0 Å². The highest BCUT2D eigenvalue weighted by Gasteiger charge is 2.46. The Labute approximate surface area is 69.3 Å². The Morgan fingerprint density at radius 3 is 2.58 bits per heavy atom. The van der Waals surface area contributed by atoms with Crippen LogP contribution in [0, 0.1) is 5.92 Å². The Bertz CT molecular complexity index is 212. The minimum atomic E-state index is -1.38. The highest BCUT2D eigenvalue weighted by Crippen LogP contribution is 2.23. The number of carbonyl (C=O) groups excluding carboxylic acids is 2. The molecule has 0 radical (unpaired) electrons. The first-order valence-electron chi connectivity index (χ1n) is 3.54. The van der Waals surface area contributed by atoms with Crippen LogP contribution in [0.15, 0.2) is 0 Å². The second kappa shape index (κ2) is 3.10. The molecule has 1 rings (SSSR count). The molecule has 68 valence electrons. The van der Waals surface area contributed by atoms with Crippen LogP contribution in [0.5, 0.6) is 0 Å². The normalized spacial score (nSPS) is 34.6. The summed E-state index contributed by atoms with van der Waals surface area (Å²) in [5.74, 6) is -2.28. The smallest absolute Gasteiger partial charge is 0.336 e. The Morgan fingerprint density at radius 1 is 1.67 bits per heavy atom. The summed E-state index contributed by atoms with van der Waals surface area (Å²) in [6.07, 6.45) is -1.99. The summed E-state index contributed by atoms with van der Waals surface area (Å²) in [5.41, 5.74) is 0. The van der Waals surface area contributed by atoms with Crippen LogP contribution < -0.4 is 0 Å². The average molecular weight is 174 g/mol. The van der Waals surface area contributed by atoms with Crippen LogP contribution in [-0.4, -0.2) is 36.4 Å². The zero-order chi connectivity index (χ0) is 9.30. The van der Waals surface area contributed by atoms with Crippen molar-refractivity contribution in [3.63, 3.8) is 0 Å². The third kappa shape index (κ3) is 1.27. The van der Waals surface area contributed by atoms with Gasteiger partial charge in [-0.1, -0.05) is 0 Å².